The molecule has 0 spiro atoms. The Hall–Kier alpha value is -1.47. The van der Waals surface area contributed by atoms with E-state index in [1.54, 1.807) is 0 Å². The van der Waals surface area contributed by atoms with Crippen LogP contribution in [-0.2, 0) is 0 Å². The number of rotatable bonds is 4. The van der Waals surface area contributed by atoms with Crippen molar-refractivity contribution >= 4 is 40.6 Å². The Morgan fingerprint density at radius 3 is 2.95 bits per heavy atom. The molecule has 8 heteroatoms. The van der Waals surface area contributed by atoms with Crippen LogP contribution in [0.15, 0.2) is 12.1 Å². The SMILES string of the molecule is Nc1c(Cl)cc([N+](=O)[O-])cc1C(=O)NCC1CCCS1. The van der Waals surface area contributed by atoms with Crippen molar-refractivity contribution in [3.63, 3.8) is 0 Å². The van der Waals surface area contributed by atoms with Crippen molar-refractivity contribution in [3.05, 3.63) is 32.8 Å². The zero-order valence-electron chi connectivity index (χ0n) is 10.6. The standard InChI is InChI=1S/C12H14ClN3O3S/c13-10-5-7(16(18)19)4-9(11(10)14)12(17)15-6-8-2-1-3-20-8/h4-5,8H,1-3,6,14H2,(H,15,17). The van der Waals surface area contributed by atoms with Gasteiger partial charge in [-0.1, -0.05) is 11.6 Å². The summed E-state index contributed by atoms with van der Waals surface area (Å²) in [4.78, 5) is 22.2. The van der Waals surface area contributed by atoms with Crippen LogP contribution in [0.25, 0.3) is 0 Å². The molecule has 1 saturated heterocycles. The fraction of sp³-hybridized carbons (Fsp3) is 0.417. The molecule has 1 aliphatic rings. The van der Waals surface area contributed by atoms with E-state index in [9.17, 15) is 14.9 Å². The largest absolute Gasteiger partial charge is 0.397 e. The zero-order chi connectivity index (χ0) is 14.7. The maximum absolute atomic E-state index is 12.1. The number of nitrogens with zero attached hydrogens (tertiary/aromatic N) is 1. The lowest BCUT2D eigenvalue weighted by Gasteiger charge is -2.12. The van der Waals surface area contributed by atoms with Crippen LogP contribution >= 0.6 is 23.4 Å². The van der Waals surface area contributed by atoms with Gasteiger partial charge in [-0.2, -0.15) is 11.8 Å². The van der Waals surface area contributed by atoms with E-state index in [-0.39, 0.29) is 22.0 Å². The van der Waals surface area contributed by atoms with Crippen molar-refractivity contribution in [3.8, 4) is 0 Å². The number of hydrogen-bond donors (Lipinski definition) is 2. The van der Waals surface area contributed by atoms with E-state index >= 15 is 0 Å². The van der Waals surface area contributed by atoms with Gasteiger partial charge in [0.05, 0.1) is 21.2 Å². The summed E-state index contributed by atoms with van der Waals surface area (Å²) in [6.45, 7) is 0.531. The number of carbonyl (C=O) groups excluding carboxylic acids is 1. The number of nitro groups is 1. The number of anilines is 1. The third-order valence-corrected chi connectivity index (χ3v) is 4.79. The van der Waals surface area contributed by atoms with Crippen molar-refractivity contribution in [2.24, 2.45) is 0 Å². The number of carbonyl (C=O) groups is 1. The van der Waals surface area contributed by atoms with Crippen LogP contribution < -0.4 is 11.1 Å². The third kappa shape index (κ3) is 3.34. The fourth-order valence-electron chi connectivity index (χ4n) is 2.00. The summed E-state index contributed by atoms with van der Waals surface area (Å²) in [7, 11) is 0. The van der Waals surface area contributed by atoms with Gasteiger partial charge in [0.1, 0.15) is 0 Å². The maximum atomic E-state index is 12.1. The van der Waals surface area contributed by atoms with Crippen molar-refractivity contribution in [1.82, 2.24) is 5.32 Å². The van der Waals surface area contributed by atoms with Gasteiger partial charge >= 0.3 is 0 Å². The monoisotopic (exact) mass is 315 g/mol. The van der Waals surface area contributed by atoms with E-state index in [1.807, 2.05) is 11.8 Å². The van der Waals surface area contributed by atoms with Gasteiger partial charge in [-0.25, -0.2) is 0 Å². The van der Waals surface area contributed by atoms with Gasteiger partial charge in [0.2, 0.25) is 0 Å². The number of amides is 1. The van der Waals surface area contributed by atoms with Crippen molar-refractivity contribution < 1.29 is 9.72 Å². The van der Waals surface area contributed by atoms with Gasteiger partial charge in [-0.3, -0.25) is 14.9 Å². The summed E-state index contributed by atoms with van der Waals surface area (Å²) in [5, 5.41) is 13.9. The number of benzene rings is 1. The Bertz CT molecular complexity index is 547. The lowest BCUT2D eigenvalue weighted by atomic mass is 10.1. The number of nitrogens with two attached hydrogens (primary N) is 1. The predicted molar refractivity (Wildman–Crippen MR) is 80.3 cm³/mol. The number of non-ortho nitro benzene ring substituents is 1. The molecular weight excluding hydrogens is 302 g/mol. The minimum atomic E-state index is -0.602. The molecular formula is C12H14ClN3O3S. The molecule has 6 nitrogen and oxygen atoms in total. The van der Waals surface area contributed by atoms with Crippen molar-refractivity contribution in [1.29, 1.82) is 0 Å². The highest BCUT2D eigenvalue weighted by Gasteiger charge is 2.21. The first-order valence-electron chi connectivity index (χ1n) is 6.12. The quantitative estimate of drug-likeness (QED) is 0.505. The van der Waals surface area contributed by atoms with Crippen LogP contribution in [0.2, 0.25) is 5.02 Å². The first-order valence-corrected chi connectivity index (χ1v) is 7.55. The predicted octanol–water partition coefficient (Wildman–Crippen LogP) is 2.46. The van der Waals surface area contributed by atoms with Crippen molar-refractivity contribution in [2.45, 2.75) is 18.1 Å². The molecule has 1 fully saturated rings. The second-order valence-electron chi connectivity index (χ2n) is 4.49. The first-order chi connectivity index (χ1) is 9.49. The molecule has 1 heterocycles. The Morgan fingerprint density at radius 2 is 2.35 bits per heavy atom. The first kappa shape index (κ1) is 14.9. The van der Waals surface area contributed by atoms with Crippen LogP contribution in [0.3, 0.4) is 0 Å². The highest BCUT2D eigenvalue weighted by molar-refractivity contribution is 8.00. The number of hydrogen-bond acceptors (Lipinski definition) is 5. The normalized spacial score (nSPS) is 17.9. The van der Waals surface area contributed by atoms with Gasteiger partial charge < -0.3 is 11.1 Å². The molecule has 2 rings (SSSR count). The number of halogens is 1. The summed E-state index contributed by atoms with van der Waals surface area (Å²) < 4.78 is 0. The Morgan fingerprint density at radius 1 is 1.60 bits per heavy atom. The highest BCUT2D eigenvalue weighted by atomic mass is 35.5. The van der Waals surface area contributed by atoms with Gasteiger partial charge in [0, 0.05) is 23.9 Å². The minimum absolute atomic E-state index is 0.0135. The van der Waals surface area contributed by atoms with Gasteiger partial charge in [-0.15, -0.1) is 0 Å². The smallest absolute Gasteiger partial charge is 0.271 e. The van der Waals surface area contributed by atoms with E-state index in [0.717, 1.165) is 30.7 Å². The third-order valence-electron chi connectivity index (χ3n) is 3.08. The van der Waals surface area contributed by atoms with Gasteiger partial charge in [0.25, 0.3) is 11.6 Å². The van der Waals surface area contributed by atoms with Crippen LogP contribution in [0, 0.1) is 10.1 Å². The molecule has 1 amide bonds. The second-order valence-corrected chi connectivity index (χ2v) is 6.31. The average Bonchev–Trinajstić information content (AvgIpc) is 2.92. The fourth-order valence-corrected chi connectivity index (χ4v) is 3.42. The number of nitrogens with one attached hydrogen (secondary N) is 1. The molecule has 108 valence electrons. The summed E-state index contributed by atoms with van der Waals surface area (Å²) in [5.41, 5.74) is 5.58. The van der Waals surface area contributed by atoms with Crippen LogP contribution in [0.5, 0.6) is 0 Å². The number of thioether (sulfide) groups is 1. The molecule has 0 aliphatic carbocycles. The lowest BCUT2D eigenvalue weighted by Crippen LogP contribution is -2.30. The summed E-state index contributed by atoms with van der Waals surface area (Å²) in [6.07, 6.45) is 2.21. The lowest BCUT2D eigenvalue weighted by molar-refractivity contribution is -0.384. The van der Waals surface area contributed by atoms with Crippen LogP contribution in [0.4, 0.5) is 11.4 Å². The minimum Gasteiger partial charge on any atom is -0.397 e. The molecule has 3 N–H and O–H groups in total. The van der Waals surface area contributed by atoms with Crippen LogP contribution in [0.1, 0.15) is 23.2 Å². The molecule has 1 aromatic rings. The summed E-state index contributed by atoms with van der Waals surface area (Å²) in [5.74, 6) is 0.672. The van der Waals surface area contributed by atoms with Gasteiger partial charge in [-0.05, 0) is 18.6 Å². The van der Waals surface area contributed by atoms with E-state index in [1.165, 1.54) is 0 Å². The Balaban J connectivity index is 2.13. The molecule has 1 unspecified atom stereocenters. The summed E-state index contributed by atoms with van der Waals surface area (Å²) in [6, 6.07) is 2.29. The van der Waals surface area contributed by atoms with Crippen molar-refractivity contribution in [2.75, 3.05) is 18.0 Å². The molecule has 1 aromatic carbocycles. The molecule has 1 atom stereocenters. The van der Waals surface area contributed by atoms with E-state index in [4.69, 9.17) is 17.3 Å². The Labute approximate surface area is 125 Å². The zero-order valence-corrected chi connectivity index (χ0v) is 12.2. The maximum Gasteiger partial charge on any atom is 0.271 e. The molecule has 0 radical (unpaired) electrons. The molecule has 0 bridgehead atoms. The van der Waals surface area contributed by atoms with E-state index in [0.29, 0.717) is 11.8 Å². The molecule has 0 aromatic heterocycles. The number of nitrogen functional groups attached to an aromatic ring is 1. The Kier molecular flexibility index (Phi) is 4.72. The number of nitro benzene ring substituents is 1. The summed E-state index contributed by atoms with van der Waals surface area (Å²) >= 11 is 7.64. The molecule has 20 heavy (non-hydrogen) atoms. The molecule has 0 saturated carbocycles. The second kappa shape index (κ2) is 6.32. The van der Waals surface area contributed by atoms with Gasteiger partial charge in [0.15, 0.2) is 0 Å². The molecule has 1 aliphatic heterocycles. The average molecular weight is 316 g/mol. The van der Waals surface area contributed by atoms with E-state index < -0.39 is 10.8 Å². The van der Waals surface area contributed by atoms with E-state index in [2.05, 4.69) is 5.32 Å². The van der Waals surface area contributed by atoms with Crippen LogP contribution in [-0.4, -0.2) is 28.4 Å². The topological polar surface area (TPSA) is 98.3 Å². The highest BCUT2D eigenvalue weighted by Crippen LogP contribution is 2.29.